The summed E-state index contributed by atoms with van der Waals surface area (Å²) in [7, 11) is 0. The summed E-state index contributed by atoms with van der Waals surface area (Å²) in [6.45, 7) is 12.7. The zero-order valence-corrected chi connectivity index (χ0v) is 19.9. The van der Waals surface area contributed by atoms with Crippen LogP contribution in [0.1, 0.15) is 104 Å². The van der Waals surface area contributed by atoms with Crippen LogP contribution in [0.4, 0.5) is 0 Å². The van der Waals surface area contributed by atoms with Crippen molar-refractivity contribution in [3.63, 3.8) is 0 Å². The molecule has 3 aliphatic rings. The van der Waals surface area contributed by atoms with E-state index in [1.54, 1.807) is 0 Å². The van der Waals surface area contributed by atoms with Crippen LogP contribution in [0.15, 0.2) is 0 Å². The van der Waals surface area contributed by atoms with Crippen molar-refractivity contribution in [2.24, 2.45) is 10.8 Å². The molecule has 2 aliphatic heterocycles. The molecule has 1 atom stereocenters. The van der Waals surface area contributed by atoms with Crippen LogP contribution >= 0.6 is 24.8 Å². The van der Waals surface area contributed by atoms with Gasteiger partial charge in [-0.15, -0.1) is 24.8 Å². The van der Waals surface area contributed by atoms with Crippen molar-refractivity contribution < 1.29 is 0 Å². The SMILES string of the molecule is CCCC1(CCC)CCC2(CCN(C(CC)N3CCCCC3)C2)CC1.Cl.Cl. The molecule has 3 rings (SSSR count). The van der Waals surface area contributed by atoms with Gasteiger partial charge in [-0.25, -0.2) is 0 Å². The zero-order chi connectivity index (χ0) is 17.8. The van der Waals surface area contributed by atoms with Gasteiger partial charge >= 0.3 is 0 Å². The summed E-state index contributed by atoms with van der Waals surface area (Å²) in [5.74, 6) is 0. The lowest BCUT2D eigenvalue weighted by molar-refractivity contribution is 0.0181. The molecule has 1 spiro atoms. The van der Waals surface area contributed by atoms with Crippen LogP contribution in [0, 0.1) is 10.8 Å². The van der Waals surface area contributed by atoms with Gasteiger partial charge in [-0.05, 0) is 88.1 Å². The monoisotopic (exact) mass is 420 g/mol. The normalized spacial score (nSPS) is 26.3. The van der Waals surface area contributed by atoms with Gasteiger partial charge in [0.05, 0.1) is 6.17 Å². The van der Waals surface area contributed by atoms with Crippen molar-refractivity contribution in [2.75, 3.05) is 26.2 Å². The van der Waals surface area contributed by atoms with E-state index in [2.05, 4.69) is 30.6 Å². The Morgan fingerprint density at radius 1 is 0.704 bits per heavy atom. The maximum Gasteiger partial charge on any atom is 0.0619 e. The molecule has 0 aromatic rings. The Labute approximate surface area is 182 Å². The fraction of sp³-hybridized carbons (Fsp3) is 1.00. The number of halogens is 2. The van der Waals surface area contributed by atoms with E-state index in [1.807, 2.05) is 0 Å². The molecule has 0 aromatic carbocycles. The molecule has 1 aliphatic carbocycles. The summed E-state index contributed by atoms with van der Waals surface area (Å²) >= 11 is 0. The lowest BCUT2D eigenvalue weighted by Crippen LogP contribution is -2.50. The van der Waals surface area contributed by atoms with Crippen LogP contribution in [0.5, 0.6) is 0 Å². The van der Waals surface area contributed by atoms with Crippen LogP contribution < -0.4 is 0 Å². The minimum atomic E-state index is 0. The molecule has 162 valence electrons. The molecule has 1 saturated carbocycles. The van der Waals surface area contributed by atoms with E-state index in [0.29, 0.717) is 10.8 Å². The topological polar surface area (TPSA) is 6.48 Å². The Bertz CT molecular complexity index is 393. The summed E-state index contributed by atoms with van der Waals surface area (Å²) in [6, 6.07) is 0. The largest absolute Gasteiger partial charge is 0.288 e. The second-order valence-electron chi connectivity index (χ2n) is 9.71. The highest BCUT2D eigenvalue weighted by atomic mass is 35.5. The predicted molar refractivity (Wildman–Crippen MR) is 123 cm³/mol. The highest BCUT2D eigenvalue weighted by molar-refractivity contribution is 5.85. The van der Waals surface area contributed by atoms with E-state index in [4.69, 9.17) is 0 Å². The molecule has 0 N–H and O–H groups in total. The molecular formula is C23H46Cl2N2. The Balaban J connectivity index is 0.00000182. The minimum Gasteiger partial charge on any atom is -0.288 e. The van der Waals surface area contributed by atoms with E-state index in [9.17, 15) is 0 Å². The average molecular weight is 422 g/mol. The molecule has 2 heterocycles. The summed E-state index contributed by atoms with van der Waals surface area (Å²) < 4.78 is 0. The van der Waals surface area contributed by atoms with E-state index in [1.165, 1.54) is 110 Å². The van der Waals surface area contributed by atoms with Crippen molar-refractivity contribution >= 4 is 24.8 Å². The van der Waals surface area contributed by atoms with Crippen LogP contribution in [0.2, 0.25) is 0 Å². The van der Waals surface area contributed by atoms with Gasteiger partial charge in [0.25, 0.3) is 0 Å². The van der Waals surface area contributed by atoms with Gasteiger partial charge in [-0.2, -0.15) is 0 Å². The molecule has 0 amide bonds. The fourth-order valence-electron chi connectivity index (χ4n) is 6.59. The van der Waals surface area contributed by atoms with Gasteiger partial charge in [-0.3, -0.25) is 9.80 Å². The zero-order valence-electron chi connectivity index (χ0n) is 18.3. The molecule has 27 heavy (non-hydrogen) atoms. The highest BCUT2D eigenvalue weighted by Gasteiger charge is 2.46. The van der Waals surface area contributed by atoms with Crippen molar-refractivity contribution in [3.8, 4) is 0 Å². The maximum atomic E-state index is 2.89. The maximum absolute atomic E-state index is 2.89. The van der Waals surface area contributed by atoms with Gasteiger partial charge in [-0.1, -0.05) is 40.0 Å². The quantitative estimate of drug-likeness (QED) is 0.441. The van der Waals surface area contributed by atoms with Gasteiger partial charge < -0.3 is 0 Å². The summed E-state index contributed by atoms with van der Waals surface area (Å²) in [6.07, 6.45) is 19.6. The Morgan fingerprint density at radius 3 is 1.81 bits per heavy atom. The number of hydrogen-bond acceptors (Lipinski definition) is 2. The lowest BCUT2D eigenvalue weighted by Gasteiger charge is -2.46. The first kappa shape index (κ1) is 25.5. The van der Waals surface area contributed by atoms with E-state index < -0.39 is 0 Å². The second kappa shape index (κ2) is 11.6. The summed E-state index contributed by atoms with van der Waals surface area (Å²) in [5.41, 5.74) is 1.38. The van der Waals surface area contributed by atoms with Crippen molar-refractivity contribution in [2.45, 2.75) is 110 Å². The highest BCUT2D eigenvalue weighted by Crippen LogP contribution is 2.53. The van der Waals surface area contributed by atoms with Gasteiger partial charge in [0, 0.05) is 13.1 Å². The first-order valence-corrected chi connectivity index (χ1v) is 11.6. The number of rotatable bonds is 7. The Hall–Kier alpha value is 0.500. The standard InChI is InChI=1S/C23H44N2.2ClH/c1-4-10-22(11-5-2)12-14-23(15-13-22)16-19-25(20-23)21(6-3)24-17-8-7-9-18-24;;/h21H,4-20H2,1-3H3;2*1H. The summed E-state index contributed by atoms with van der Waals surface area (Å²) in [4.78, 5) is 5.70. The molecule has 0 aromatic heterocycles. The van der Waals surface area contributed by atoms with Crippen LogP contribution in [0.25, 0.3) is 0 Å². The van der Waals surface area contributed by atoms with E-state index >= 15 is 0 Å². The number of piperidine rings is 1. The fourth-order valence-corrected chi connectivity index (χ4v) is 6.59. The number of hydrogen-bond donors (Lipinski definition) is 0. The minimum absolute atomic E-state index is 0. The second-order valence-corrected chi connectivity index (χ2v) is 9.71. The molecule has 2 saturated heterocycles. The third-order valence-corrected chi connectivity index (χ3v) is 8.00. The Kier molecular flexibility index (Phi) is 11.0. The predicted octanol–water partition coefficient (Wildman–Crippen LogP) is 6.90. The van der Waals surface area contributed by atoms with Crippen molar-refractivity contribution in [3.05, 3.63) is 0 Å². The van der Waals surface area contributed by atoms with Crippen molar-refractivity contribution in [1.82, 2.24) is 9.80 Å². The van der Waals surface area contributed by atoms with Crippen molar-refractivity contribution in [1.29, 1.82) is 0 Å². The van der Waals surface area contributed by atoms with Gasteiger partial charge in [0.2, 0.25) is 0 Å². The third-order valence-electron chi connectivity index (χ3n) is 8.00. The number of nitrogens with zero attached hydrogens (tertiary/aromatic N) is 2. The molecule has 1 unspecified atom stereocenters. The first-order valence-electron chi connectivity index (χ1n) is 11.6. The van der Waals surface area contributed by atoms with Gasteiger partial charge in [0.15, 0.2) is 0 Å². The molecule has 0 bridgehead atoms. The van der Waals surface area contributed by atoms with Gasteiger partial charge in [0.1, 0.15) is 0 Å². The average Bonchev–Trinajstić information content (AvgIpc) is 3.04. The first-order chi connectivity index (χ1) is 12.2. The smallest absolute Gasteiger partial charge is 0.0619 e. The number of likely N-dealkylation sites (tertiary alicyclic amines) is 2. The van der Waals surface area contributed by atoms with E-state index in [0.717, 1.165) is 6.17 Å². The van der Waals surface area contributed by atoms with Crippen LogP contribution in [-0.2, 0) is 0 Å². The Morgan fingerprint density at radius 2 is 1.30 bits per heavy atom. The van der Waals surface area contributed by atoms with Crippen LogP contribution in [0.3, 0.4) is 0 Å². The van der Waals surface area contributed by atoms with E-state index in [-0.39, 0.29) is 24.8 Å². The third kappa shape index (κ3) is 6.00. The molecular weight excluding hydrogens is 375 g/mol. The molecule has 3 fully saturated rings. The van der Waals surface area contributed by atoms with Crippen LogP contribution in [-0.4, -0.2) is 42.1 Å². The summed E-state index contributed by atoms with van der Waals surface area (Å²) in [5, 5.41) is 0. The molecule has 2 nitrogen and oxygen atoms in total. The lowest BCUT2D eigenvalue weighted by atomic mass is 9.60. The molecule has 0 radical (unpaired) electrons. The molecule has 4 heteroatoms.